The zero-order chi connectivity index (χ0) is 59.2. The molecule has 0 fully saturated rings. The van der Waals surface area contributed by atoms with Crippen molar-refractivity contribution < 1.29 is 28.6 Å². The second-order valence-corrected chi connectivity index (χ2v) is 22.0. The zero-order valence-corrected chi connectivity index (χ0v) is 53.2. The number of ether oxygens (including phenoxy) is 3. The minimum Gasteiger partial charge on any atom is -0.462 e. The normalized spacial score (nSPS) is 13.1. The Bertz CT molecular complexity index is 1780. The molecule has 0 aliphatic rings. The molecule has 0 N–H and O–H groups in total. The van der Waals surface area contributed by atoms with Gasteiger partial charge in [-0.15, -0.1) is 0 Å². The van der Waals surface area contributed by atoms with Gasteiger partial charge in [0.05, 0.1) is 0 Å². The van der Waals surface area contributed by atoms with Gasteiger partial charge in [-0.25, -0.2) is 0 Å². The average molecular weight is 1130 g/mol. The minimum absolute atomic E-state index is 0.104. The van der Waals surface area contributed by atoms with E-state index in [4.69, 9.17) is 14.2 Å². The molecule has 0 aromatic heterocycles. The zero-order valence-electron chi connectivity index (χ0n) is 53.2. The topological polar surface area (TPSA) is 78.9 Å². The van der Waals surface area contributed by atoms with Crippen molar-refractivity contribution in [2.45, 2.75) is 303 Å². The molecule has 0 saturated heterocycles. The highest BCUT2D eigenvalue weighted by molar-refractivity contribution is 5.71. The Balaban J connectivity index is 4.44. The summed E-state index contributed by atoms with van der Waals surface area (Å²) in [5.74, 6) is -0.955. The van der Waals surface area contributed by atoms with Crippen LogP contribution in [0.1, 0.15) is 297 Å². The first kappa shape index (κ1) is 77.3. The number of carbonyl (C=O) groups is 3. The van der Waals surface area contributed by atoms with Gasteiger partial charge < -0.3 is 14.2 Å². The summed E-state index contributed by atoms with van der Waals surface area (Å²) >= 11 is 0. The van der Waals surface area contributed by atoms with E-state index >= 15 is 0 Å². The van der Waals surface area contributed by atoms with Gasteiger partial charge in [-0.2, -0.15) is 0 Å². The predicted octanol–water partition coefficient (Wildman–Crippen LogP) is 23.5. The molecule has 0 bridgehead atoms. The van der Waals surface area contributed by atoms with Gasteiger partial charge in [-0.3, -0.25) is 14.4 Å². The third kappa shape index (κ3) is 66.1. The quantitative estimate of drug-likeness (QED) is 0.0261. The Labute approximate surface area is 506 Å². The molecule has 0 heterocycles. The molecule has 6 heteroatoms. The van der Waals surface area contributed by atoms with E-state index in [2.05, 4.69) is 167 Å². The van der Waals surface area contributed by atoms with Crippen LogP contribution in [0.5, 0.6) is 0 Å². The second kappa shape index (κ2) is 68.8. The largest absolute Gasteiger partial charge is 0.462 e. The van der Waals surface area contributed by atoms with Crippen LogP contribution < -0.4 is 0 Å². The molecule has 1 atom stereocenters. The molecule has 0 spiro atoms. The van der Waals surface area contributed by atoms with E-state index in [1.807, 2.05) is 0 Å². The first-order chi connectivity index (χ1) is 40.5. The van der Waals surface area contributed by atoms with Crippen LogP contribution in [0.2, 0.25) is 0 Å². The van der Waals surface area contributed by atoms with Crippen molar-refractivity contribution in [1.82, 2.24) is 0 Å². The summed E-state index contributed by atoms with van der Waals surface area (Å²) in [5, 5.41) is 0. The van der Waals surface area contributed by atoms with Crippen LogP contribution in [0.4, 0.5) is 0 Å². The van der Waals surface area contributed by atoms with Crippen molar-refractivity contribution in [3.63, 3.8) is 0 Å². The Morgan fingerprint density at radius 1 is 0.256 bits per heavy atom. The SMILES string of the molecule is CC/C=C\C/C=C\C/C=C\C/C=C\C/C=C\C/C=C\CCCCC(=O)OC(COC(=O)CCCCCCC/C=C\CCCCCCCCC)COC(=O)CCCCCCCCCCCCC/C=C\C/C=C\C/C=C\C/C=C\C/C=C\CC. The first-order valence-electron chi connectivity index (χ1n) is 33.8. The summed E-state index contributed by atoms with van der Waals surface area (Å²) in [6, 6.07) is 0. The maximum Gasteiger partial charge on any atom is 0.306 e. The van der Waals surface area contributed by atoms with Crippen LogP contribution in [0.15, 0.2) is 146 Å². The fraction of sp³-hybridized carbons (Fsp3) is 0.645. The molecule has 464 valence electrons. The van der Waals surface area contributed by atoms with E-state index in [1.165, 1.54) is 116 Å². The van der Waals surface area contributed by atoms with Gasteiger partial charge in [0.15, 0.2) is 6.10 Å². The van der Waals surface area contributed by atoms with Crippen LogP contribution in [0, 0.1) is 0 Å². The fourth-order valence-corrected chi connectivity index (χ4v) is 9.06. The highest BCUT2D eigenvalue weighted by Crippen LogP contribution is 2.15. The Kier molecular flexibility index (Phi) is 64.8. The van der Waals surface area contributed by atoms with E-state index in [-0.39, 0.29) is 37.5 Å². The number of rotatable bonds is 60. The monoisotopic (exact) mass is 1130 g/mol. The standard InChI is InChI=1S/C76H124O6/c1-4-7-10-13-16-19-22-25-28-31-33-35-36-37-38-39-40-42-43-45-48-51-54-57-60-63-66-69-75(78)81-72-73(71-80-74(77)68-65-62-59-56-53-50-47-30-27-24-21-18-15-12-9-6-3)82-76(79)70-67-64-61-58-55-52-49-46-44-41-34-32-29-26-23-20-17-14-11-8-5-2/h7-8,10-11,16-17,19-20,25-26,28-30,33-35,37-38,41,46-47,49,55,58,73H,4-6,9,12-15,18,21-24,27,31-32,36,39-40,42-45,48,50-54,56-57,59-72H2,1-3H3/b10-7-,11-8-,19-16-,20-17-,28-25-,29-26-,35-33-,38-37-,41-34-,47-30-,49-46-,58-55-. The van der Waals surface area contributed by atoms with Gasteiger partial charge in [0.1, 0.15) is 13.2 Å². The van der Waals surface area contributed by atoms with Crippen molar-refractivity contribution in [3.8, 4) is 0 Å². The van der Waals surface area contributed by atoms with Crippen LogP contribution in [-0.2, 0) is 28.6 Å². The molecule has 0 rings (SSSR count). The number of unbranched alkanes of at least 4 members (excludes halogenated alkanes) is 25. The number of allylic oxidation sites excluding steroid dienone is 24. The van der Waals surface area contributed by atoms with E-state index in [0.717, 1.165) is 135 Å². The molecule has 0 aliphatic heterocycles. The van der Waals surface area contributed by atoms with Gasteiger partial charge in [-0.1, -0.05) is 282 Å². The highest BCUT2D eigenvalue weighted by Gasteiger charge is 2.19. The lowest BCUT2D eigenvalue weighted by Crippen LogP contribution is -2.30. The Morgan fingerprint density at radius 3 is 0.780 bits per heavy atom. The first-order valence-corrected chi connectivity index (χ1v) is 33.8. The van der Waals surface area contributed by atoms with Gasteiger partial charge in [0, 0.05) is 19.3 Å². The van der Waals surface area contributed by atoms with Crippen LogP contribution >= 0.6 is 0 Å². The summed E-state index contributed by atoms with van der Waals surface area (Å²) in [6.07, 6.45) is 98.6. The lowest BCUT2D eigenvalue weighted by molar-refractivity contribution is -0.167. The molecule has 1 unspecified atom stereocenters. The number of carbonyl (C=O) groups excluding carboxylic acids is 3. The lowest BCUT2D eigenvalue weighted by atomic mass is 10.0. The smallest absolute Gasteiger partial charge is 0.306 e. The van der Waals surface area contributed by atoms with Crippen LogP contribution in [0.25, 0.3) is 0 Å². The van der Waals surface area contributed by atoms with Crippen molar-refractivity contribution in [2.75, 3.05) is 13.2 Å². The number of hydrogen-bond acceptors (Lipinski definition) is 6. The summed E-state index contributed by atoms with van der Waals surface area (Å²) in [4.78, 5) is 38.4. The third-order valence-electron chi connectivity index (χ3n) is 14.1. The van der Waals surface area contributed by atoms with Crippen molar-refractivity contribution in [3.05, 3.63) is 146 Å². The van der Waals surface area contributed by atoms with Gasteiger partial charge in [-0.05, 0) is 141 Å². The van der Waals surface area contributed by atoms with Crippen molar-refractivity contribution >= 4 is 17.9 Å². The van der Waals surface area contributed by atoms with E-state index in [1.54, 1.807) is 0 Å². The third-order valence-corrected chi connectivity index (χ3v) is 14.1. The maximum atomic E-state index is 12.9. The number of esters is 3. The van der Waals surface area contributed by atoms with Gasteiger partial charge in [0.2, 0.25) is 0 Å². The molecular formula is C76H124O6. The molecule has 82 heavy (non-hydrogen) atoms. The van der Waals surface area contributed by atoms with Gasteiger partial charge in [0.25, 0.3) is 0 Å². The Morgan fingerprint density at radius 2 is 0.476 bits per heavy atom. The maximum absolute atomic E-state index is 12.9. The molecular weight excluding hydrogens is 1010 g/mol. The molecule has 0 radical (unpaired) electrons. The average Bonchev–Trinajstić information content (AvgIpc) is 3.48. The van der Waals surface area contributed by atoms with E-state index in [0.29, 0.717) is 19.3 Å². The van der Waals surface area contributed by atoms with Crippen LogP contribution in [0.3, 0.4) is 0 Å². The molecule has 0 aliphatic carbocycles. The Hall–Kier alpha value is -4.71. The van der Waals surface area contributed by atoms with Crippen molar-refractivity contribution in [1.29, 1.82) is 0 Å². The summed E-state index contributed by atoms with van der Waals surface area (Å²) in [6.45, 7) is 6.38. The van der Waals surface area contributed by atoms with Gasteiger partial charge >= 0.3 is 17.9 Å². The summed E-state index contributed by atoms with van der Waals surface area (Å²) in [5.41, 5.74) is 0. The second-order valence-electron chi connectivity index (χ2n) is 22.0. The van der Waals surface area contributed by atoms with Crippen LogP contribution in [-0.4, -0.2) is 37.2 Å². The van der Waals surface area contributed by atoms with E-state index < -0.39 is 6.10 Å². The highest BCUT2D eigenvalue weighted by atomic mass is 16.6. The fourth-order valence-electron chi connectivity index (χ4n) is 9.06. The number of hydrogen-bond donors (Lipinski definition) is 0. The van der Waals surface area contributed by atoms with Crippen molar-refractivity contribution in [2.24, 2.45) is 0 Å². The molecule has 6 nitrogen and oxygen atoms in total. The van der Waals surface area contributed by atoms with E-state index in [9.17, 15) is 14.4 Å². The summed E-state index contributed by atoms with van der Waals surface area (Å²) < 4.78 is 16.9. The predicted molar refractivity (Wildman–Crippen MR) is 357 cm³/mol. The minimum atomic E-state index is -0.813. The molecule has 0 amide bonds. The molecule has 0 aromatic rings. The molecule has 0 aromatic carbocycles. The molecule has 0 saturated carbocycles. The summed E-state index contributed by atoms with van der Waals surface area (Å²) in [7, 11) is 0. The lowest BCUT2D eigenvalue weighted by Gasteiger charge is -2.18.